The summed E-state index contributed by atoms with van der Waals surface area (Å²) in [5.74, 6) is 0.892. The number of nitrogens with zero attached hydrogens (tertiary/aromatic N) is 1. The molecule has 18 heavy (non-hydrogen) atoms. The average molecular weight is 252 g/mol. The minimum absolute atomic E-state index is 0.445. The van der Waals surface area contributed by atoms with E-state index in [1.54, 1.807) is 7.11 Å². The van der Waals surface area contributed by atoms with Gasteiger partial charge in [0.25, 0.3) is 0 Å². The Morgan fingerprint density at radius 1 is 1.39 bits per heavy atom. The Morgan fingerprint density at radius 2 is 2.17 bits per heavy atom. The second-order valence-electron chi connectivity index (χ2n) is 4.37. The van der Waals surface area contributed by atoms with Crippen LogP contribution >= 0.6 is 0 Å². The Balaban J connectivity index is 2.09. The lowest BCUT2D eigenvalue weighted by molar-refractivity contribution is 0.0338. The lowest BCUT2D eigenvalue weighted by Crippen LogP contribution is -2.35. The first-order chi connectivity index (χ1) is 8.83. The Kier molecular flexibility index (Phi) is 4.95. The Morgan fingerprint density at radius 3 is 2.83 bits per heavy atom. The molecule has 0 radical (unpaired) electrons. The summed E-state index contributed by atoms with van der Waals surface area (Å²) in [4.78, 5) is 2.34. The monoisotopic (exact) mass is 252 g/mol. The second-order valence-corrected chi connectivity index (χ2v) is 4.37. The molecule has 2 N–H and O–H groups in total. The molecule has 0 unspecified atom stereocenters. The highest BCUT2D eigenvalue weighted by Crippen LogP contribution is 2.22. The summed E-state index contributed by atoms with van der Waals surface area (Å²) >= 11 is 0. The number of nitrogens with one attached hydrogen (secondary N) is 1. The highest BCUT2D eigenvalue weighted by molar-refractivity contribution is 5.37. The molecule has 1 saturated heterocycles. The van der Waals surface area contributed by atoms with Gasteiger partial charge in [-0.05, 0) is 17.7 Å². The van der Waals surface area contributed by atoms with Gasteiger partial charge in [0, 0.05) is 31.7 Å². The third-order valence-electron chi connectivity index (χ3n) is 3.13. The molecule has 0 amide bonds. The van der Waals surface area contributed by atoms with Crippen molar-refractivity contribution in [3.63, 3.8) is 0 Å². The van der Waals surface area contributed by atoms with E-state index in [0.29, 0.717) is 6.54 Å². The number of benzene rings is 1. The maximum absolute atomic E-state index is 8.75. The van der Waals surface area contributed by atoms with Crippen molar-refractivity contribution in [2.75, 3.05) is 33.4 Å². The van der Waals surface area contributed by atoms with Gasteiger partial charge in [0.15, 0.2) is 0 Å². The van der Waals surface area contributed by atoms with E-state index in [1.807, 2.05) is 12.1 Å². The van der Waals surface area contributed by atoms with Gasteiger partial charge in [0.05, 0.1) is 20.3 Å². The minimum atomic E-state index is 0.445. The lowest BCUT2D eigenvalue weighted by atomic mass is 10.1. The number of ether oxygens (including phenoxy) is 2. The predicted molar refractivity (Wildman–Crippen MR) is 67.7 cm³/mol. The van der Waals surface area contributed by atoms with Crippen LogP contribution in [0.4, 0.5) is 0 Å². The number of methoxy groups -OCH3 is 1. The molecular weight excluding hydrogens is 232 g/mol. The standard InChI is InChI=1S/C13H20N2O3/c1-17-13-3-2-11(9-14-16)8-12(13)10-15-4-6-18-7-5-15/h2-3,8,14,16H,4-7,9-10H2,1H3. The SMILES string of the molecule is COc1ccc(CNO)cc1CN1CCOCC1. The number of rotatable bonds is 5. The fraction of sp³-hybridized carbons (Fsp3) is 0.538. The molecule has 5 heteroatoms. The fourth-order valence-electron chi connectivity index (χ4n) is 2.16. The molecule has 0 spiro atoms. The van der Waals surface area contributed by atoms with Gasteiger partial charge in [-0.1, -0.05) is 6.07 Å². The number of hydrogen-bond acceptors (Lipinski definition) is 5. The van der Waals surface area contributed by atoms with Crippen LogP contribution < -0.4 is 10.2 Å². The lowest BCUT2D eigenvalue weighted by Gasteiger charge is -2.27. The van der Waals surface area contributed by atoms with Gasteiger partial charge in [-0.2, -0.15) is 0 Å². The molecule has 1 aliphatic rings. The molecule has 0 atom stereocenters. The van der Waals surface area contributed by atoms with Crippen LogP contribution in [0.15, 0.2) is 18.2 Å². The van der Waals surface area contributed by atoms with Crippen LogP contribution in [0.25, 0.3) is 0 Å². The largest absolute Gasteiger partial charge is 0.496 e. The van der Waals surface area contributed by atoms with Gasteiger partial charge >= 0.3 is 0 Å². The number of hydroxylamine groups is 1. The third kappa shape index (κ3) is 3.43. The van der Waals surface area contributed by atoms with E-state index in [0.717, 1.165) is 49.7 Å². The topological polar surface area (TPSA) is 54.0 Å². The first-order valence-electron chi connectivity index (χ1n) is 6.16. The molecule has 1 fully saturated rings. The van der Waals surface area contributed by atoms with Crippen LogP contribution in [-0.4, -0.2) is 43.5 Å². The van der Waals surface area contributed by atoms with E-state index in [-0.39, 0.29) is 0 Å². The summed E-state index contributed by atoms with van der Waals surface area (Å²) in [6.07, 6.45) is 0. The van der Waals surface area contributed by atoms with Crippen LogP contribution in [0.1, 0.15) is 11.1 Å². The summed E-state index contributed by atoms with van der Waals surface area (Å²) in [6, 6.07) is 5.96. The van der Waals surface area contributed by atoms with E-state index < -0.39 is 0 Å². The zero-order chi connectivity index (χ0) is 12.8. The van der Waals surface area contributed by atoms with Crippen molar-refractivity contribution in [2.24, 2.45) is 0 Å². The highest BCUT2D eigenvalue weighted by atomic mass is 16.5. The van der Waals surface area contributed by atoms with E-state index in [1.165, 1.54) is 0 Å². The molecule has 1 heterocycles. The van der Waals surface area contributed by atoms with Gasteiger partial charge in [0.1, 0.15) is 5.75 Å². The van der Waals surface area contributed by atoms with Crippen molar-refractivity contribution in [1.82, 2.24) is 10.4 Å². The van der Waals surface area contributed by atoms with Crippen molar-refractivity contribution in [3.8, 4) is 5.75 Å². The molecule has 1 aliphatic heterocycles. The summed E-state index contributed by atoms with van der Waals surface area (Å²) in [6.45, 7) is 4.78. The Hall–Kier alpha value is -1.14. The average Bonchev–Trinajstić information content (AvgIpc) is 2.41. The zero-order valence-corrected chi connectivity index (χ0v) is 10.7. The van der Waals surface area contributed by atoms with E-state index in [9.17, 15) is 0 Å². The summed E-state index contributed by atoms with van der Waals surface area (Å²) in [5.41, 5.74) is 4.37. The Bertz CT molecular complexity index is 378. The summed E-state index contributed by atoms with van der Waals surface area (Å²) in [5, 5.41) is 8.75. The van der Waals surface area contributed by atoms with Crippen LogP contribution in [0.5, 0.6) is 5.75 Å². The number of morpholine rings is 1. The molecule has 2 rings (SSSR count). The molecular formula is C13H20N2O3. The highest BCUT2D eigenvalue weighted by Gasteiger charge is 2.13. The van der Waals surface area contributed by atoms with Gasteiger partial charge < -0.3 is 14.7 Å². The summed E-state index contributed by atoms with van der Waals surface area (Å²) < 4.78 is 10.7. The maximum atomic E-state index is 8.75. The second kappa shape index (κ2) is 6.70. The van der Waals surface area contributed by atoms with Crippen molar-refractivity contribution < 1.29 is 14.7 Å². The first-order valence-corrected chi connectivity index (χ1v) is 6.16. The molecule has 0 aliphatic carbocycles. The smallest absolute Gasteiger partial charge is 0.123 e. The minimum Gasteiger partial charge on any atom is -0.496 e. The fourth-order valence-corrected chi connectivity index (χ4v) is 2.16. The molecule has 100 valence electrons. The molecule has 0 bridgehead atoms. The van der Waals surface area contributed by atoms with Crippen molar-refractivity contribution in [3.05, 3.63) is 29.3 Å². The Labute approximate surface area is 107 Å². The number of hydrogen-bond donors (Lipinski definition) is 2. The quantitative estimate of drug-likeness (QED) is 0.766. The first kappa shape index (κ1) is 13.3. The molecule has 1 aromatic carbocycles. The van der Waals surface area contributed by atoms with Crippen LogP contribution in [-0.2, 0) is 17.8 Å². The molecule has 0 aromatic heterocycles. The predicted octanol–water partition coefficient (Wildman–Crippen LogP) is 1.01. The van der Waals surface area contributed by atoms with E-state index in [4.69, 9.17) is 14.7 Å². The van der Waals surface area contributed by atoms with Crippen molar-refractivity contribution in [2.45, 2.75) is 13.1 Å². The van der Waals surface area contributed by atoms with Crippen LogP contribution in [0.3, 0.4) is 0 Å². The van der Waals surface area contributed by atoms with Crippen molar-refractivity contribution >= 4 is 0 Å². The molecule has 0 saturated carbocycles. The van der Waals surface area contributed by atoms with Crippen molar-refractivity contribution in [1.29, 1.82) is 0 Å². The third-order valence-corrected chi connectivity index (χ3v) is 3.13. The van der Waals surface area contributed by atoms with Crippen LogP contribution in [0.2, 0.25) is 0 Å². The zero-order valence-electron chi connectivity index (χ0n) is 10.7. The van der Waals surface area contributed by atoms with E-state index >= 15 is 0 Å². The normalized spacial score (nSPS) is 16.8. The van der Waals surface area contributed by atoms with Gasteiger partial charge in [-0.15, -0.1) is 0 Å². The van der Waals surface area contributed by atoms with Crippen LogP contribution in [0, 0.1) is 0 Å². The van der Waals surface area contributed by atoms with Gasteiger partial charge in [0.2, 0.25) is 0 Å². The summed E-state index contributed by atoms with van der Waals surface area (Å²) in [7, 11) is 1.68. The molecule has 5 nitrogen and oxygen atoms in total. The van der Waals surface area contributed by atoms with Gasteiger partial charge in [-0.25, -0.2) is 5.48 Å². The maximum Gasteiger partial charge on any atom is 0.123 e. The van der Waals surface area contributed by atoms with Gasteiger partial charge in [-0.3, -0.25) is 4.90 Å². The molecule has 1 aromatic rings. The van der Waals surface area contributed by atoms with E-state index in [2.05, 4.69) is 16.4 Å².